The van der Waals surface area contributed by atoms with E-state index in [1.54, 1.807) is 31.4 Å². The molecule has 2 saturated heterocycles. The van der Waals surface area contributed by atoms with Gasteiger partial charge >= 0.3 is 11.7 Å². The van der Waals surface area contributed by atoms with E-state index in [0.717, 1.165) is 52.6 Å². The Morgan fingerprint density at radius 2 is 1.74 bits per heavy atom. The zero-order chi connectivity index (χ0) is 37.3. The molecule has 0 unspecified atom stereocenters. The fourth-order valence-corrected chi connectivity index (χ4v) is 8.40. The van der Waals surface area contributed by atoms with Crippen molar-refractivity contribution >= 4 is 51.8 Å². The predicted octanol–water partition coefficient (Wildman–Crippen LogP) is 5.50. The average molecular weight is 765 g/mol. The van der Waals surface area contributed by atoms with Crippen LogP contribution in [0.2, 0.25) is 10.0 Å². The highest BCUT2D eigenvalue weighted by atomic mass is 35.5. The number of anilines is 2. The largest absolute Gasteiger partial charge is 0.481 e. The molecule has 2 fully saturated rings. The highest BCUT2D eigenvalue weighted by molar-refractivity contribution is 6.39. The van der Waals surface area contributed by atoms with Crippen molar-refractivity contribution in [1.29, 1.82) is 0 Å². The van der Waals surface area contributed by atoms with Crippen LogP contribution in [0.25, 0.3) is 33.4 Å². The number of ether oxygens (including phenoxy) is 1. The van der Waals surface area contributed by atoms with Gasteiger partial charge in [0.05, 0.1) is 34.1 Å². The van der Waals surface area contributed by atoms with E-state index in [0.29, 0.717) is 39.8 Å². The summed E-state index contributed by atoms with van der Waals surface area (Å²) in [5, 5.41) is 9.34. The number of methoxy groups -OCH3 is 1. The molecule has 0 saturated carbocycles. The molecule has 5 heterocycles. The Balaban J connectivity index is 1.15. The number of nitrogens with zero attached hydrogens (tertiary/aromatic N) is 6. The van der Waals surface area contributed by atoms with Crippen molar-refractivity contribution in [3.63, 3.8) is 0 Å². The minimum Gasteiger partial charge on any atom is -0.481 e. The van der Waals surface area contributed by atoms with E-state index in [1.165, 1.54) is 14.1 Å². The molecule has 53 heavy (non-hydrogen) atoms. The van der Waals surface area contributed by atoms with Gasteiger partial charge in [0.15, 0.2) is 11.5 Å². The second-order valence-corrected chi connectivity index (χ2v) is 14.3. The Kier molecular flexibility index (Phi) is 8.62. The summed E-state index contributed by atoms with van der Waals surface area (Å²) < 4.78 is 35.5. The van der Waals surface area contributed by atoms with Gasteiger partial charge in [0.2, 0.25) is 5.88 Å². The smallest absolute Gasteiger partial charge is 0.332 e. The maximum absolute atomic E-state index is 13.9. The van der Waals surface area contributed by atoms with Gasteiger partial charge in [-0.3, -0.25) is 18.8 Å². The molecule has 8 rings (SSSR count). The van der Waals surface area contributed by atoms with Gasteiger partial charge in [-0.15, -0.1) is 0 Å². The van der Waals surface area contributed by atoms with Crippen molar-refractivity contribution in [1.82, 2.24) is 39.6 Å². The number of benzene rings is 2. The highest BCUT2D eigenvalue weighted by Crippen LogP contribution is 2.47. The summed E-state index contributed by atoms with van der Waals surface area (Å²) >= 11 is 14.1. The van der Waals surface area contributed by atoms with E-state index < -0.39 is 23.5 Å². The number of alkyl halides is 2. The average Bonchev–Trinajstić information content (AvgIpc) is 3.87. The number of rotatable bonds is 7. The maximum Gasteiger partial charge on any atom is 0.332 e. The number of amides is 2. The van der Waals surface area contributed by atoms with Gasteiger partial charge in [0.25, 0.3) is 12.0 Å². The van der Waals surface area contributed by atoms with E-state index in [1.807, 2.05) is 18.2 Å². The number of pyridine rings is 1. The zero-order valence-corrected chi connectivity index (χ0v) is 30.3. The van der Waals surface area contributed by atoms with Crippen molar-refractivity contribution in [2.75, 3.05) is 32.1 Å². The third-order valence-corrected chi connectivity index (χ3v) is 11.3. The van der Waals surface area contributed by atoms with Crippen LogP contribution in [0.15, 0.2) is 52.1 Å². The number of urea groups is 1. The fourth-order valence-electron chi connectivity index (χ4n) is 7.80. The summed E-state index contributed by atoms with van der Waals surface area (Å²) in [6.07, 6.45) is -0.510. The zero-order valence-electron chi connectivity index (χ0n) is 28.8. The lowest BCUT2D eigenvalue weighted by molar-refractivity contribution is 0.141. The van der Waals surface area contributed by atoms with Crippen LogP contribution < -0.4 is 31.9 Å². The fraction of sp³-hybridized carbons (Fsp3) is 0.333. The summed E-state index contributed by atoms with van der Waals surface area (Å²) in [5.41, 5.74) is 2.76. The third-order valence-electron chi connectivity index (χ3n) is 10.4. The summed E-state index contributed by atoms with van der Waals surface area (Å²) in [5.74, 6) is -0.579. The molecule has 2 atom stereocenters. The number of likely N-dealkylation sites (tertiary alicyclic amines) is 1. The molecule has 17 heteroatoms. The van der Waals surface area contributed by atoms with Crippen LogP contribution in [0.5, 0.6) is 5.88 Å². The molecular weight excluding hydrogens is 731 g/mol. The predicted molar refractivity (Wildman–Crippen MR) is 196 cm³/mol. The monoisotopic (exact) mass is 763 g/mol. The van der Waals surface area contributed by atoms with Gasteiger partial charge in [0, 0.05) is 62.0 Å². The van der Waals surface area contributed by atoms with Gasteiger partial charge in [-0.25, -0.2) is 33.3 Å². The lowest BCUT2D eigenvalue weighted by Gasteiger charge is -2.28. The highest BCUT2D eigenvalue weighted by Gasteiger charge is 2.47. The van der Waals surface area contributed by atoms with Gasteiger partial charge in [0.1, 0.15) is 11.2 Å². The number of halogens is 4. The van der Waals surface area contributed by atoms with Crippen molar-refractivity contribution < 1.29 is 18.3 Å². The second kappa shape index (κ2) is 13.1. The molecule has 2 aromatic carbocycles. The first kappa shape index (κ1) is 34.9. The van der Waals surface area contributed by atoms with Crippen LogP contribution >= 0.6 is 23.2 Å². The van der Waals surface area contributed by atoms with Crippen molar-refractivity contribution in [2.45, 2.75) is 37.3 Å². The third kappa shape index (κ3) is 5.77. The van der Waals surface area contributed by atoms with Crippen molar-refractivity contribution in [3.8, 4) is 28.3 Å². The molecule has 1 spiro atoms. The molecule has 13 nitrogen and oxygen atoms in total. The lowest BCUT2D eigenvalue weighted by Crippen LogP contribution is -2.46. The van der Waals surface area contributed by atoms with E-state index >= 15 is 0 Å². The number of carbonyl (C=O) groups excluding carboxylic acids is 1. The molecule has 2 aliphatic heterocycles. The molecular formula is C36H33Cl2F2N9O4. The molecule has 274 valence electrons. The maximum atomic E-state index is 13.9. The minimum absolute atomic E-state index is 0.100. The van der Waals surface area contributed by atoms with Crippen LogP contribution in [-0.2, 0) is 20.5 Å². The Hall–Kier alpha value is -5.12. The summed E-state index contributed by atoms with van der Waals surface area (Å²) in [7, 11) is 4.21. The normalized spacial score (nSPS) is 19.6. The number of aryl methyl sites for hydroxylation is 2. The van der Waals surface area contributed by atoms with Crippen LogP contribution in [0, 0.1) is 0 Å². The minimum atomic E-state index is -3.08. The topological polar surface area (TPSA) is 148 Å². The van der Waals surface area contributed by atoms with Crippen molar-refractivity contribution in [3.05, 3.63) is 90.3 Å². The Labute approximate surface area is 310 Å². The van der Waals surface area contributed by atoms with E-state index in [2.05, 4.69) is 30.8 Å². The first-order chi connectivity index (χ1) is 25.4. The molecule has 5 aromatic rings. The van der Waals surface area contributed by atoms with E-state index in [9.17, 15) is 23.2 Å². The van der Waals surface area contributed by atoms with E-state index in [-0.39, 0.29) is 45.2 Å². The van der Waals surface area contributed by atoms with Gasteiger partial charge in [-0.05, 0) is 37.0 Å². The summed E-state index contributed by atoms with van der Waals surface area (Å²) in [6, 6.07) is 12.6. The standard InChI is InChI=1S/C36H33Cl2F2N9O4/c1-47-31-25(33(50)48(2)35(47)52)29(44-30(45-31)28(39)40)42-21-9-5-7-19(27(21)38)18-6-4-8-20(26(18)37)22-14-17-10-11-23(24(17)32(43-22)53-3)49-13-12-36(16-49)15-41-34(51)46-36/h4-9,14,23,28H,10-13,15-16H2,1-3H3,(H2,41,46,51)(H,42,44,45)/t23-,36-/m0/s1. The number of nitrogens with one attached hydrogen (secondary N) is 3. The molecule has 2 amide bonds. The van der Waals surface area contributed by atoms with Crippen LogP contribution in [0.1, 0.15) is 42.3 Å². The first-order valence-electron chi connectivity index (χ1n) is 16.9. The van der Waals surface area contributed by atoms with Gasteiger partial charge < -0.3 is 20.7 Å². The Morgan fingerprint density at radius 1 is 1.00 bits per heavy atom. The van der Waals surface area contributed by atoms with Crippen LogP contribution in [0.3, 0.4) is 0 Å². The molecule has 0 radical (unpaired) electrons. The number of hydrogen-bond donors (Lipinski definition) is 3. The summed E-state index contributed by atoms with van der Waals surface area (Å²) in [6.45, 7) is 2.18. The molecule has 0 bridgehead atoms. The van der Waals surface area contributed by atoms with Crippen LogP contribution in [-0.4, -0.2) is 67.3 Å². The molecule has 3 N–H and O–H groups in total. The molecule has 1 aliphatic carbocycles. The molecule has 3 aromatic heterocycles. The SMILES string of the molecule is COc1nc(-c2cccc(-c3cccc(Nc4nc(C(F)F)nc5c4c(=O)n(C)c(=O)n5C)c3Cl)c2Cl)cc2c1[C@@H](N1CC[C@]3(CNC(=O)N3)C1)CC2. The second-order valence-electron chi connectivity index (χ2n) is 13.5. The van der Waals surface area contributed by atoms with Gasteiger partial charge in [-0.2, -0.15) is 0 Å². The number of hydrogen-bond acceptors (Lipinski definition) is 9. The first-order valence-corrected chi connectivity index (χ1v) is 17.6. The van der Waals surface area contributed by atoms with E-state index in [4.69, 9.17) is 32.9 Å². The Bertz CT molecular complexity index is 2480. The quantitative estimate of drug-likeness (QED) is 0.196. The Morgan fingerprint density at radius 3 is 2.45 bits per heavy atom. The van der Waals surface area contributed by atoms with Gasteiger partial charge in [-0.1, -0.05) is 53.5 Å². The van der Waals surface area contributed by atoms with Crippen molar-refractivity contribution in [2.24, 2.45) is 14.1 Å². The number of fused-ring (bicyclic) bond motifs is 2. The number of aromatic nitrogens is 5. The summed E-state index contributed by atoms with van der Waals surface area (Å²) in [4.78, 5) is 52.8. The van der Waals surface area contributed by atoms with Crippen LogP contribution in [0.4, 0.5) is 25.1 Å². The lowest BCUT2D eigenvalue weighted by atomic mass is 9.99. The molecule has 3 aliphatic rings. The number of carbonyl (C=O) groups is 1.